The van der Waals surface area contributed by atoms with Gasteiger partial charge in [0, 0.05) is 11.8 Å². The Hall–Kier alpha value is -5.26. The summed E-state index contributed by atoms with van der Waals surface area (Å²) in [4.78, 5) is 4.37. The molecule has 0 bridgehead atoms. The Balaban J connectivity index is 1.53. The molecule has 0 unspecified atom stereocenters. The van der Waals surface area contributed by atoms with Gasteiger partial charge in [0.15, 0.2) is 0 Å². The molecule has 6 aromatic rings. The normalized spacial score (nSPS) is 13.3. The number of allylic oxidation sites excluding steroid dienone is 4. The van der Waals surface area contributed by atoms with Crippen LogP contribution >= 0.6 is 0 Å². The summed E-state index contributed by atoms with van der Waals surface area (Å²) in [5.74, 6) is 0. The maximum Gasteiger partial charge on any atom is 0.140 e. The zero-order valence-corrected chi connectivity index (χ0v) is 21.9. The molecule has 0 aliphatic heterocycles. The first-order valence-corrected chi connectivity index (χ1v) is 13.8. The van der Waals surface area contributed by atoms with Gasteiger partial charge in [0.25, 0.3) is 0 Å². The Kier molecular flexibility index (Phi) is 5.05. The number of benzene rings is 5. The van der Waals surface area contributed by atoms with Crippen molar-refractivity contribution in [1.82, 2.24) is 4.98 Å². The molecule has 2 aliphatic carbocycles. The monoisotopic (exact) mass is 508 g/mol. The quantitative estimate of drug-likeness (QED) is 0.238. The molecule has 0 N–H and O–H groups in total. The van der Waals surface area contributed by atoms with Crippen LogP contribution < -0.4 is 0 Å². The summed E-state index contributed by atoms with van der Waals surface area (Å²) < 4.78 is 0. The van der Waals surface area contributed by atoms with Gasteiger partial charge in [0.05, 0.1) is 0 Å². The number of rotatable bonds is 3. The standard InChI is InChI=1S/C38H24N2/c39-22-27-19-18-26(23-40-27)28-20-21-33-36-29(28)16-9-17-32(36)37-34(24-10-3-1-4-11-24)30-14-7-8-15-31(30)35(38(33)37)25-12-5-2-6-13-25/h1-5,7-12,14-21,23H,6,13H2. The molecular formula is C38H24N2. The van der Waals surface area contributed by atoms with E-state index in [1.54, 1.807) is 6.07 Å². The fourth-order valence-corrected chi connectivity index (χ4v) is 6.72. The Morgan fingerprint density at radius 3 is 2.08 bits per heavy atom. The zero-order chi connectivity index (χ0) is 26.6. The van der Waals surface area contributed by atoms with Crippen LogP contribution in [0.25, 0.3) is 71.6 Å². The van der Waals surface area contributed by atoms with Gasteiger partial charge < -0.3 is 0 Å². The van der Waals surface area contributed by atoms with Crippen molar-refractivity contribution >= 4 is 27.1 Å². The summed E-state index contributed by atoms with van der Waals surface area (Å²) >= 11 is 0. The highest BCUT2D eigenvalue weighted by Gasteiger charge is 2.31. The number of pyridine rings is 1. The maximum atomic E-state index is 9.26. The van der Waals surface area contributed by atoms with E-state index >= 15 is 0 Å². The Bertz CT molecular complexity index is 2090. The maximum absolute atomic E-state index is 9.26. The molecule has 0 saturated heterocycles. The van der Waals surface area contributed by atoms with E-state index in [9.17, 15) is 5.26 Å². The van der Waals surface area contributed by atoms with Crippen LogP contribution in [0.1, 0.15) is 24.1 Å². The van der Waals surface area contributed by atoms with E-state index < -0.39 is 0 Å². The van der Waals surface area contributed by atoms with Crippen LogP contribution in [0.15, 0.2) is 121 Å². The highest BCUT2D eigenvalue weighted by Crippen LogP contribution is 2.57. The Morgan fingerprint density at radius 2 is 1.32 bits per heavy atom. The lowest BCUT2D eigenvalue weighted by molar-refractivity contribution is 1.06. The first-order valence-electron chi connectivity index (χ1n) is 13.8. The number of nitriles is 1. The highest BCUT2D eigenvalue weighted by atomic mass is 14.7. The van der Waals surface area contributed by atoms with E-state index in [0.717, 1.165) is 24.0 Å². The lowest BCUT2D eigenvalue weighted by Crippen LogP contribution is -1.97. The third kappa shape index (κ3) is 3.25. The molecule has 2 aliphatic rings. The van der Waals surface area contributed by atoms with Crippen LogP contribution in [0.5, 0.6) is 0 Å². The van der Waals surface area contributed by atoms with Gasteiger partial charge in [-0.15, -0.1) is 0 Å². The van der Waals surface area contributed by atoms with E-state index in [0.29, 0.717) is 5.69 Å². The van der Waals surface area contributed by atoms with Gasteiger partial charge in [-0.1, -0.05) is 103 Å². The van der Waals surface area contributed by atoms with Crippen LogP contribution in [0.4, 0.5) is 0 Å². The van der Waals surface area contributed by atoms with Crippen molar-refractivity contribution in [2.75, 3.05) is 0 Å². The average Bonchev–Trinajstić information content (AvgIpc) is 3.36. The van der Waals surface area contributed by atoms with Crippen molar-refractivity contribution in [3.8, 4) is 50.6 Å². The SMILES string of the molecule is N#Cc1ccc(-c2ccc3c4c(cccc24)-c2c-3c(C3=CC=CCC3)c3ccccc3c2-c2ccccc2)cn1. The van der Waals surface area contributed by atoms with Gasteiger partial charge in [-0.25, -0.2) is 4.98 Å². The lowest BCUT2D eigenvalue weighted by Gasteiger charge is -2.22. The summed E-state index contributed by atoms with van der Waals surface area (Å²) in [7, 11) is 0. The molecule has 0 radical (unpaired) electrons. The molecular weight excluding hydrogens is 484 g/mol. The van der Waals surface area contributed by atoms with Gasteiger partial charge in [-0.2, -0.15) is 5.26 Å². The predicted molar refractivity (Wildman–Crippen MR) is 166 cm³/mol. The van der Waals surface area contributed by atoms with Crippen molar-refractivity contribution in [1.29, 1.82) is 5.26 Å². The van der Waals surface area contributed by atoms with Crippen molar-refractivity contribution in [2.24, 2.45) is 0 Å². The average molecular weight is 509 g/mol. The number of aromatic nitrogens is 1. The minimum Gasteiger partial charge on any atom is -0.245 e. The molecule has 1 aromatic heterocycles. The topological polar surface area (TPSA) is 36.7 Å². The van der Waals surface area contributed by atoms with Gasteiger partial charge in [0.2, 0.25) is 0 Å². The molecule has 8 rings (SSSR count). The number of hydrogen-bond acceptors (Lipinski definition) is 2. The van der Waals surface area contributed by atoms with Crippen molar-refractivity contribution < 1.29 is 0 Å². The molecule has 2 nitrogen and oxygen atoms in total. The molecule has 0 fully saturated rings. The van der Waals surface area contributed by atoms with E-state index in [-0.39, 0.29) is 0 Å². The molecule has 0 atom stereocenters. The fourth-order valence-electron chi connectivity index (χ4n) is 6.72. The molecule has 0 saturated carbocycles. The Labute approximate surface area is 233 Å². The van der Waals surface area contributed by atoms with Crippen molar-refractivity contribution in [3.63, 3.8) is 0 Å². The van der Waals surface area contributed by atoms with E-state index in [1.807, 2.05) is 12.3 Å². The first kappa shape index (κ1) is 22.7. The second kappa shape index (κ2) is 8.90. The molecule has 5 aromatic carbocycles. The summed E-state index contributed by atoms with van der Waals surface area (Å²) in [6, 6.07) is 36.9. The number of nitrogens with zero attached hydrogens (tertiary/aromatic N) is 2. The zero-order valence-electron chi connectivity index (χ0n) is 21.9. The molecule has 1 heterocycles. The van der Waals surface area contributed by atoms with Crippen molar-refractivity contribution in [2.45, 2.75) is 12.8 Å². The lowest BCUT2D eigenvalue weighted by atomic mass is 9.81. The highest BCUT2D eigenvalue weighted by molar-refractivity contribution is 6.27. The van der Waals surface area contributed by atoms with E-state index in [2.05, 4.69) is 114 Å². The largest absolute Gasteiger partial charge is 0.245 e. The third-order valence-corrected chi connectivity index (χ3v) is 8.38. The third-order valence-electron chi connectivity index (χ3n) is 8.38. The van der Waals surface area contributed by atoms with Crippen LogP contribution in [-0.2, 0) is 0 Å². The summed E-state index contributed by atoms with van der Waals surface area (Å²) in [5, 5.41) is 14.4. The summed E-state index contributed by atoms with van der Waals surface area (Å²) in [6.07, 6.45) is 10.7. The Morgan fingerprint density at radius 1 is 0.600 bits per heavy atom. The first-order chi connectivity index (χ1) is 19.8. The second-order valence-electron chi connectivity index (χ2n) is 10.5. The fraction of sp³-hybridized carbons (Fsp3) is 0.0526. The molecule has 2 heteroatoms. The minimum absolute atomic E-state index is 0.431. The smallest absolute Gasteiger partial charge is 0.140 e. The van der Waals surface area contributed by atoms with Gasteiger partial charge in [0.1, 0.15) is 11.8 Å². The van der Waals surface area contributed by atoms with Crippen molar-refractivity contribution in [3.05, 3.63) is 133 Å². The van der Waals surface area contributed by atoms with Crippen LogP contribution in [-0.4, -0.2) is 4.98 Å². The summed E-state index contributed by atoms with van der Waals surface area (Å²) in [5.41, 5.74) is 13.1. The van der Waals surface area contributed by atoms with Gasteiger partial charge in [-0.3, -0.25) is 0 Å². The predicted octanol–water partition coefficient (Wildman–Crippen LogP) is 9.97. The van der Waals surface area contributed by atoms with Crippen LogP contribution in [0, 0.1) is 11.3 Å². The number of fused-ring (bicyclic) bond motifs is 4. The van der Waals surface area contributed by atoms with Gasteiger partial charge >= 0.3 is 0 Å². The molecule has 0 amide bonds. The molecule has 40 heavy (non-hydrogen) atoms. The van der Waals surface area contributed by atoms with Crippen LogP contribution in [0.2, 0.25) is 0 Å². The van der Waals surface area contributed by atoms with E-state index in [4.69, 9.17) is 0 Å². The summed E-state index contributed by atoms with van der Waals surface area (Å²) in [6.45, 7) is 0. The molecule has 0 spiro atoms. The van der Waals surface area contributed by atoms with E-state index in [1.165, 1.54) is 66.1 Å². The second-order valence-corrected chi connectivity index (χ2v) is 10.5. The molecule has 186 valence electrons. The minimum atomic E-state index is 0.431. The van der Waals surface area contributed by atoms with Crippen LogP contribution in [0.3, 0.4) is 0 Å². The van der Waals surface area contributed by atoms with Gasteiger partial charge in [-0.05, 0) is 96.6 Å². The number of hydrogen-bond donors (Lipinski definition) is 0.